The van der Waals surface area contributed by atoms with Crippen LogP contribution in [0.5, 0.6) is 0 Å². The molecule has 2 heterocycles. The summed E-state index contributed by atoms with van der Waals surface area (Å²) in [6.45, 7) is 6.81. The molecule has 0 aromatic rings. The van der Waals surface area contributed by atoms with Gasteiger partial charge < -0.3 is 40.0 Å². The van der Waals surface area contributed by atoms with Crippen LogP contribution in [0.1, 0.15) is 85.0 Å². The van der Waals surface area contributed by atoms with Crippen LogP contribution in [0.15, 0.2) is 0 Å². The fourth-order valence-corrected chi connectivity index (χ4v) is 5.75. The molecule has 2 saturated carbocycles. The summed E-state index contributed by atoms with van der Waals surface area (Å²) in [5.41, 5.74) is 0.246. The van der Waals surface area contributed by atoms with Crippen molar-refractivity contribution in [2.75, 3.05) is 19.8 Å². The Kier molecular flexibility index (Phi) is 10.7. The van der Waals surface area contributed by atoms with Crippen LogP contribution < -0.4 is 5.32 Å². The molecule has 13 heteroatoms. The zero-order chi connectivity index (χ0) is 29.0. The van der Waals surface area contributed by atoms with Crippen LogP contribution in [0.4, 0.5) is 4.79 Å². The molecular formula is C27H47NO12. The van der Waals surface area contributed by atoms with E-state index < -0.39 is 55.0 Å². The predicted molar refractivity (Wildman–Crippen MR) is 137 cm³/mol. The number of rotatable bonds is 8. The third-order valence-electron chi connectivity index (χ3n) is 8.60. The van der Waals surface area contributed by atoms with E-state index in [0.717, 1.165) is 25.7 Å². The Balaban J connectivity index is 1.06. The molecule has 40 heavy (non-hydrogen) atoms. The quantitative estimate of drug-likeness (QED) is 0.209. The Morgan fingerprint density at radius 2 is 1.45 bits per heavy atom. The molecule has 2 aliphatic heterocycles. The number of alkyl carbamates (subject to hydrolysis) is 1. The van der Waals surface area contributed by atoms with Gasteiger partial charge in [-0.3, -0.25) is 0 Å². The number of hydrogen-bond acceptors (Lipinski definition) is 12. The van der Waals surface area contributed by atoms with Gasteiger partial charge in [-0.1, -0.05) is 20.8 Å². The molecule has 2 spiro atoms. The third-order valence-corrected chi connectivity index (χ3v) is 8.60. The number of carbonyl (C=O) groups excluding carboxylic acids is 1. The SMILES string of the molecule is CC(C)(C)C1CCC2(CC1)OOC1(CCC(OC(=O)NCCCCOC3OC(CO)C(O)C(O)C3O)CC1)OO2. The molecule has 232 valence electrons. The fourth-order valence-electron chi connectivity index (χ4n) is 5.75. The van der Waals surface area contributed by atoms with E-state index in [1.165, 1.54) is 0 Å². The normalized spacial score (nSPS) is 40.7. The van der Waals surface area contributed by atoms with Gasteiger partial charge in [0.05, 0.1) is 6.61 Å². The Morgan fingerprint density at radius 3 is 2.00 bits per heavy atom. The maximum Gasteiger partial charge on any atom is 0.407 e. The van der Waals surface area contributed by atoms with Crippen LogP contribution in [0, 0.1) is 11.3 Å². The Labute approximate surface area is 235 Å². The van der Waals surface area contributed by atoms with Crippen molar-refractivity contribution < 1.29 is 59.0 Å². The first kappa shape index (κ1) is 31.8. The molecule has 0 aromatic carbocycles. The van der Waals surface area contributed by atoms with Crippen molar-refractivity contribution in [2.45, 2.75) is 133 Å². The summed E-state index contributed by atoms with van der Waals surface area (Å²) in [7, 11) is 0. The van der Waals surface area contributed by atoms with Crippen LogP contribution >= 0.6 is 0 Å². The van der Waals surface area contributed by atoms with Crippen LogP contribution in [0.2, 0.25) is 0 Å². The van der Waals surface area contributed by atoms with Crippen LogP contribution in [0.3, 0.4) is 0 Å². The van der Waals surface area contributed by atoms with Crippen LogP contribution in [-0.4, -0.2) is 94.7 Å². The van der Waals surface area contributed by atoms with E-state index in [-0.39, 0.29) is 18.1 Å². The molecule has 2 saturated heterocycles. The Hall–Kier alpha value is -1.13. The summed E-state index contributed by atoms with van der Waals surface area (Å²) >= 11 is 0. The minimum atomic E-state index is -1.48. The van der Waals surface area contributed by atoms with Crippen molar-refractivity contribution in [1.29, 1.82) is 0 Å². The van der Waals surface area contributed by atoms with Gasteiger partial charge in [0.1, 0.15) is 30.5 Å². The number of carbonyl (C=O) groups is 1. The first-order valence-electron chi connectivity index (χ1n) is 14.6. The van der Waals surface area contributed by atoms with Crippen LogP contribution in [0.25, 0.3) is 0 Å². The van der Waals surface area contributed by atoms with E-state index >= 15 is 0 Å². The summed E-state index contributed by atoms with van der Waals surface area (Å²) in [5.74, 6) is -1.23. The van der Waals surface area contributed by atoms with Crippen LogP contribution in [-0.2, 0) is 33.8 Å². The van der Waals surface area contributed by atoms with Gasteiger partial charge in [0, 0.05) is 38.8 Å². The summed E-state index contributed by atoms with van der Waals surface area (Å²) in [6, 6.07) is 0. The lowest BCUT2D eigenvalue weighted by molar-refractivity contribution is -0.663. The first-order chi connectivity index (χ1) is 19.0. The standard InChI is InChI=1S/C27H47NO12/c1-25(2,3)17-6-10-26(11-7-17)37-39-27(40-38-26)12-8-18(9-13-27)35-24(33)28-14-4-5-15-34-23-22(32)21(31)20(30)19(16-29)36-23/h17-23,29-32H,4-16H2,1-3H3,(H,28,33). The molecular weight excluding hydrogens is 530 g/mol. The van der Waals surface area contributed by atoms with Gasteiger partial charge in [-0.2, -0.15) is 19.6 Å². The van der Waals surface area contributed by atoms with Gasteiger partial charge in [0.2, 0.25) is 11.6 Å². The number of aliphatic hydroxyl groups excluding tert-OH is 4. The summed E-state index contributed by atoms with van der Waals surface area (Å²) < 4.78 is 16.3. The lowest BCUT2D eigenvalue weighted by atomic mass is 9.71. The van der Waals surface area contributed by atoms with Crippen molar-refractivity contribution in [3.63, 3.8) is 0 Å². The second kappa shape index (κ2) is 13.4. The van der Waals surface area contributed by atoms with E-state index in [4.69, 9.17) is 33.8 Å². The van der Waals surface area contributed by atoms with Crippen molar-refractivity contribution >= 4 is 6.09 Å². The maximum absolute atomic E-state index is 12.2. The van der Waals surface area contributed by atoms with E-state index in [0.29, 0.717) is 51.0 Å². The van der Waals surface area contributed by atoms with Gasteiger partial charge in [-0.05, 0) is 49.9 Å². The number of hydrogen-bond donors (Lipinski definition) is 5. The molecule has 5 unspecified atom stereocenters. The second-order valence-electron chi connectivity index (χ2n) is 12.6. The number of unbranched alkanes of at least 4 members (excludes halogenated alkanes) is 1. The first-order valence-corrected chi connectivity index (χ1v) is 14.6. The number of nitrogens with one attached hydrogen (secondary N) is 1. The van der Waals surface area contributed by atoms with Gasteiger partial charge in [0.15, 0.2) is 6.29 Å². The third kappa shape index (κ3) is 7.82. The molecule has 5 N–H and O–H groups in total. The highest BCUT2D eigenvalue weighted by atomic mass is 17.4. The molecule has 4 aliphatic rings. The summed E-state index contributed by atoms with van der Waals surface area (Å²) in [6.07, 6.45) is -0.731. The van der Waals surface area contributed by atoms with Crippen molar-refractivity contribution in [3.05, 3.63) is 0 Å². The average Bonchev–Trinajstić information content (AvgIpc) is 2.93. The molecule has 0 radical (unpaired) electrons. The highest BCUT2D eigenvalue weighted by Crippen LogP contribution is 2.48. The van der Waals surface area contributed by atoms with E-state index in [2.05, 4.69) is 26.1 Å². The van der Waals surface area contributed by atoms with Gasteiger partial charge in [-0.25, -0.2) is 4.79 Å². The Morgan fingerprint density at radius 1 is 0.875 bits per heavy atom. The molecule has 4 fully saturated rings. The largest absolute Gasteiger partial charge is 0.446 e. The lowest BCUT2D eigenvalue weighted by Gasteiger charge is -2.48. The fraction of sp³-hybridized carbons (Fsp3) is 0.963. The Bertz CT molecular complexity index is 792. The highest BCUT2D eigenvalue weighted by molar-refractivity contribution is 5.67. The predicted octanol–water partition coefficient (Wildman–Crippen LogP) is 1.79. The van der Waals surface area contributed by atoms with Crippen molar-refractivity contribution in [3.8, 4) is 0 Å². The van der Waals surface area contributed by atoms with Gasteiger partial charge in [0.25, 0.3) is 0 Å². The minimum Gasteiger partial charge on any atom is -0.446 e. The van der Waals surface area contributed by atoms with E-state index in [1.807, 2.05) is 0 Å². The molecule has 4 rings (SSSR count). The zero-order valence-corrected chi connectivity index (χ0v) is 23.8. The van der Waals surface area contributed by atoms with Gasteiger partial charge in [-0.15, -0.1) is 0 Å². The minimum absolute atomic E-state index is 0.187. The topological polar surface area (TPSA) is 175 Å². The summed E-state index contributed by atoms with van der Waals surface area (Å²) in [4.78, 5) is 35.4. The maximum atomic E-state index is 12.2. The lowest BCUT2D eigenvalue weighted by Crippen LogP contribution is -2.59. The second-order valence-corrected chi connectivity index (χ2v) is 12.6. The molecule has 2 aliphatic carbocycles. The smallest absolute Gasteiger partial charge is 0.407 e. The van der Waals surface area contributed by atoms with E-state index in [1.54, 1.807) is 0 Å². The van der Waals surface area contributed by atoms with Crippen molar-refractivity contribution in [1.82, 2.24) is 5.32 Å². The van der Waals surface area contributed by atoms with E-state index in [9.17, 15) is 25.2 Å². The average molecular weight is 578 g/mol. The summed E-state index contributed by atoms with van der Waals surface area (Å²) in [5, 5.41) is 41.5. The molecule has 0 bridgehead atoms. The number of ether oxygens (including phenoxy) is 3. The van der Waals surface area contributed by atoms with Gasteiger partial charge >= 0.3 is 6.09 Å². The number of aliphatic hydroxyl groups is 4. The zero-order valence-electron chi connectivity index (χ0n) is 23.8. The molecule has 5 atom stereocenters. The highest BCUT2D eigenvalue weighted by Gasteiger charge is 2.52. The van der Waals surface area contributed by atoms with Crippen molar-refractivity contribution in [2.24, 2.45) is 11.3 Å². The monoisotopic (exact) mass is 577 g/mol. The molecule has 1 amide bonds. The molecule has 0 aromatic heterocycles. The molecule has 13 nitrogen and oxygen atoms in total. The number of amides is 1.